The number of pyridine rings is 1. The van der Waals surface area contributed by atoms with E-state index in [1.807, 2.05) is 42.5 Å². The van der Waals surface area contributed by atoms with Crippen LogP contribution in [-0.2, 0) is 17.6 Å². The van der Waals surface area contributed by atoms with Gasteiger partial charge in [0.2, 0.25) is 0 Å². The largest absolute Gasteiger partial charge is 0.454 e. The van der Waals surface area contributed by atoms with E-state index in [4.69, 9.17) is 9.72 Å². The third-order valence-corrected chi connectivity index (χ3v) is 6.47. The average Bonchev–Trinajstić information content (AvgIpc) is 2.90. The highest BCUT2D eigenvalue weighted by Crippen LogP contribution is 2.36. The van der Waals surface area contributed by atoms with Crippen LogP contribution < -0.4 is 0 Å². The Morgan fingerprint density at radius 3 is 2.43 bits per heavy atom. The Balaban J connectivity index is 1.43. The quantitative estimate of drug-likeness (QED) is 0.162. The van der Waals surface area contributed by atoms with E-state index in [9.17, 15) is 19.7 Å². The zero-order chi connectivity index (χ0) is 24.4. The molecule has 4 aromatic rings. The van der Waals surface area contributed by atoms with Crippen molar-refractivity contribution >= 4 is 28.3 Å². The zero-order valence-corrected chi connectivity index (χ0v) is 18.8. The molecule has 7 nitrogen and oxygen atoms in total. The Morgan fingerprint density at radius 1 is 0.971 bits per heavy atom. The van der Waals surface area contributed by atoms with Gasteiger partial charge in [0.05, 0.1) is 16.0 Å². The van der Waals surface area contributed by atoms with Crippen LogP contribution in [0.5, 0.6) is 0 Å². The van der Waals surface area contributed by atoms with Gasteiger partial charge in [-0.1, -0.05) is 48.5 Å². The maximum absolute atomic E-state index is 13.4. The number of ether oxygens (including phenoxy) is 1. The summed E-state index contributed by atoms with van der Waals surface area (Å²) in [6, 6.07) is 22.9. The number of non-ortho nitro benzene ring substituents is 1. The molecule has 35 heavy (non-hydrogen) atoms. The number of carbonyl (C=O) groups is 2. The molecule has 0 saturated carbocycles. The van der Waals surface area contributed by atoms with Crippen molar-refractivity contribution in [2.75, 3.05) is 6.61 Å². The van der Waals surface area contributed by atoms with Crippen molar-refractivity contribution in [2.45, 2.75) is 25.2 Å². The molecule has 7 heteroatoms. The number of benzene rings is 3. The van der Waals surface area contributed by atoms with E-state index in [2.05, 4.69) is 12.1 Å². The van der Waals surface area contributed by atoms with Crippen LogP contribution in [0.2, 0.25) is 0 Å². The van der Waals surface area contributed by atoms with Crippen LogP contribution in [0.3, 0.4) is 0 Å². The van der Waals surface area contributed by atoms with Gasteiger partial charge in [0, 0.05) is 28.8 Å². The van der Waals surface area contributed by atoms with E-state index in [0.29, 0.717) is 17.4 Å². The topological polar surface area (TPSA) is 99.4 Å². The molecule has 0 saturated heterocycles. The summed E-state index contributed by atoms with van der Waals surface area (Å²) >= 11 is 0. The number of fused-ring (bicyclic) bond motifs is 2. The summed E-state index contributed by atoms with van der Waals surface area (Å²) in [6.07, 6.45) is 2.36. The van der Waals surface area contributed by atoms with Crippen molar-refractivity contribution in [1.29, 1.82) is 0 Å². The first-order valence-electron chi connectivity index (χ1n) is 11.4. The molecule has 0 amide bonds. The van der Waals surface area contributed by atoms with Gasteiger partial charge in [-0.3, -0.25) is 19.9 Å². The molecule has 0 unspecified atom stereocenters. The van der Waals surface area contributed by atoms with Gasteiger partial charge in [0.1, 0.15) is 0 Å². The molecule has 3 aromatic carbocycles. The molecule has 0 N–H and O–H groups in total. The molecular weight excluding hydrogens is 444 g/mol. The Morgan fingerprint density at radius 2 is 1.69 bits per heavy atom. The van der Waals surface area contributed by atoms with Crippen molar-refractivity contribution in [3.63, 3.8) is 0 Å². The number of hydrogen-bond donors (Lipinski definition) is 0. The third kappa shape index (κ3) is 4.53. The van der Waals surface area contributed by atoms with Gasteiger partial charge in [-0.25, -0.2) is 4.79 Å². The molecule has 0 aliphatic heterocycles. The molecular formula is C28H22N2O5. The number of esters is 1. The van der Waals surface area contributed by atoms with Crippen LogP contribution in [-0.4, -0.2) is 28.3 Å². The lowest BCUT2D eigenvalue weighted by Gasteiger charge is -2.26. The van der Waals surface area contributed by atoms with E-state index in [-0.39, 0.29) is 17.2 Å². The number of hydrogen-bond acceptors (Lipinski definition) is 6. The predicted molar refractivity (Wildman–Crippen MR) is 131 cm³/mol. The number of ketones is 1. The first-order valence-corrected chi connectivity index (χ1v) is 11.4. The number of Topliss-reactive ketones (excluding diaryl/α,β-unsaturated/α-hetero) is 1. The van der Waals surface area contributed by atoms with Crippen LogP contribution >= 0.6 is 0 Å². The minimum absolute atomic E-state index is 0.110. The number of nitro groups is 1. The second kappa shape index (κ2) is 9.46. The highest BCUT2D eigenvalue weighted by atomic mass is 16.6. The van der Waals surface area contributed by atoms with Gasteiger partial charge in [0.25, 0.3) is 5.69 Å². The molecule has 0 radical (unpaired) electrons. The molecule has 5 rings (SSSR count). The first-order chi connectivity index (χ1) is 17.0. The minimum Gasteiger partial charge on any atom is -0.454 e. The monoisotopic (exact) mass is 466 g/mol. The van der Waals surface area contributed by atoms with Crippen LogP contribution in [0.1, 0.15) is 49.9 Å². The molecule has 0 fully saturated rings. The fourth-order valence-corrected chi connectivity index (χ4v) is 4.69. The fraction of sp³-hybridized carbons (Fsp3) is 0.179. The van der Waals surface area contributed by atoms with Crippen LogP contribution in [0.4, 0.5) is 5.69 Å². The smallest absolute Gasteiger partial charge is 0.339 e. The summed E-state index contributed by atoms with van der Waals surface area (Å²) in [6.45, 7) is -0.454. The number of aromatic nitrogens is 1. The van der Waals surface area contributed by atoms with Gasteiger partial charge in [-0.05, 0) is 54.5 Å². The highest BCUT2D eigenvalue weighted by molar-refractivity contribution is 6.06. The van der Waals surface area contributed by atoms with E-state index >= 15 is 0 Å². The molecule has 1 aliphatic rings. The van der Waals surface area contributed by atoms with Crippen LogP contribution in [0.15, 0.2) is 78.9 Å². The number of nitrogens with zero attached hydrogens (tertiary/aromatic N) is 2. The van der Waals surface area contributed by atoms with Gasteiger partial charge in [0.15, 0.2) is 12.4 Å². The van der Waals surface area contributed by atoms with Crippen molar-refractivity contribution in [3.05, 3.63) is 117 Å². The Bertz CT molecular complexity index is 1430. The first kappa shape index (κ1) is 22.4. The Hall–Kier alpha value is -4.39. The molecule has 174 valence electrons. The second-order valence-corrected chi connectivity index (χ2v) is 8.58. The molecule has 0 spiro atoms. The number of rotatable bonds is 6. The number of aryl methyl sites for hydroxylation is 1. The van der Waals surface area contributed by atoms with E-state index in [0.717, 1.165) is 29.6 Å². The van der Waals surface area contributed by atoms with Gasteiger partial charge in [-0.15, -0.1) is 0 Å². The molecule has 1 aliphatic carbocycles. The molecule has 1 heterocycles. The van der Waals surface area contributed by atoms with Crippen molar-refractivity contribution in [1.82, 2.24) is 4.98 Å². The maximum atomic E-state index is 13.4. The number of para-hydroxylation sites is 1. The highest BCUT2D eigenvalue weighted by Gasteiger charge is 2.28. The maximum Gasteiger partial charge on any atom is 0.339 e. The van der Waals surface area contributed by atoms with Crippen LogP contribution in [0.25, 0.3) is 10.9 Å². The lowest BCUT2D eigenvalue weighted by atomic mass is 9.80. The summed E-state index contributed by atoms with van der Waals surface area (Å²) in [5.74, 6) is -0.730. The predicted octanol–water partition coefficient (Wildman–Crippen LogP) is 5.46. The van der Waals surface area contributed by atoms with Gasteiger partial charge in [-0.2, -0.15) is 0 Å². The summed E-state index contributed by atoms with van der Waals surface area (Å²) in [4.78, 5) is 41.1. The average molecular weight is 466 g/mol. The summed E-state index contributed by atoms with van der Waals surface area (Å²) in [5.41, 5.74) is 4.30. The summed E-state index contributed by atoms with van der Waals surface area (Å²) < 4.78 is 5.49. The van der Waals surface area contributed by atoms with Crippen LogP contribution in [0, 0.1) is 10.1 Å². The van der Waals surface area contributed by atoms with E-state index in [1.54, 1.807) is 0 Å². The fourth-order valence-electron chi connectivity index (χ4n) is 4.69. The normalized spacial score (nSPS) is 14.8. The number of nitro benzene ring substituents is 1. The molecule has 1 atom stereocenters. The lowest BCUT2D eigenvalue weighted by Crippen LogP contribution is -2.21. The summed E-state index contributed by atoms with van der Waals surface area (Å²) in [5, 5.41) is 11.5. The second-order valence-electron chi connectivity index (χ2n) is 8.58. The zero-order valence-electron chi connectivity index (χ0n) is 18.8. The number of carbonyl (C=O) groups excluding carboxylic acids is 2. The third-order valence-electron chi connectivity index (χ3n) is 6.47. The van der Waals surface area contributed by atoms with Crippen molar-refractivity contribution in [3.8, 4) is 0 Å². The summed E-state index contributed by atoms with van der Waals surface area (Å²) in [7, 11) is 0. The Kier molecular flexibility index (Phi) is 6.06. The lowest BCUT2D eigenvalue weighted by molar-refractivity contribution is -0.384. The minimum atomic E-state index is -0.566. The van der Waals surface area contributed by atoms with Gasteiger partial charge < -0.3 is 4.74 Å². The van der Waals surface area contributed by atoms with Crippen molar-refractivity contribution < 1.29 is 19.2 Å². The van der Waals surface area contributed by atoms with Gasteiger partial charge >= 0.3 is 5.97 Å². The Labute approximate surface area is 201 Å². The standard InChI is InChI=1S/C28H22N2O5/c31-26(19-10-13-21(14-11-19)30(33)34)17-35-28(32)27-22-8-4-5-9-24(22)29-25-15-12-20(16-23(25)27)18-6-2-1-3-7-18/h1-11,13-14,20H,12,15-17H2/t20-/m1/s1. The van der Waals surface area contributed by atoms with Crippen molar-refractivity contribution in [2.24, 2.45) is 0 Å². The van der Waals surface area contributed by atoms with E-state index in [1.165, 1.54) is 29.8 Å². The SMILES string of the molecule is O=C(COC(=O)c1c2c(nc3ccccc13)CC[C@@H](c1ccccc1)C2)c1ccc([N+](=O)[O-])cc1. The molecule has 0 bridgehead atoms. The molecule has 1 aromatic heterocycles. The van der Waals surface area contributed by atoms with E-state index < -0.39 is 23.3 Å².